The van der Waals surface area contributed by atoms with Crippen molar-refractivity contribution in [1.29, 1.82) is 0 Å². The molecule has 0 bridgehead atoms. The summed E-state index contributed by atoms with van der Waals surface area (Å²) in [6.45, 7) is 5.24. The number of anilines is 1. The molecule has 0 aliphatic heterocycles. The van der Waals surface area contributed by atoms with Crippen molar-refractivity contribution in [3.05, 3.63) is 82.1 Å². The Balaban J connectivity index is 1.48. The third-order valence-electron chi connectivity index (χ3n) is 5.10. The first kappa shape index (κ1) is 23.5. The van der Waals surface area contributed by atoms with Gasteiger partial charge in [-0.05, 0) is 44.7 Å². The lowest BCUT2D eigenvalue weighted by Gasteiger charge is -2.16. The van der Waals surface area contributed by atoms with E-state index in [4.69, 9.17) is 11.6 Å². The zero-order valence-corrected chi connectivity index (χ0v) is 19.3. The average molecular weight is 454 g/mol. The number of aryl methyl sites for hydroxylation is 1. The van der Waals surface area contributed by atoms with Gasteiger partial charge in [0.05, 0.1) is 25.3 Å². The number of halogens is 1. The number of benzene rings is 2. The highest BCUT2D eigenvalue weighted by Crippen LogP contribution is 2.15. The summed E-state index contributed by atoms with van der Waals surface area (Å²) >= 11 is 5.93. The zero-order chi connectivity index (χ0) is 23.1. The van der Waals surface area contributed by atoms with E-state index in [-0.39, 0.29) is 24.9 Å². The third-order valence-corrected chi connectivity index (χ3v) is 5.34. The Morgan fingerprint density at radius 2 is 1.75 bits per heavy atom. The molecule has 0 radical (unpaired) electrons. The van der Waals surface area contributed by atoms with Crippen molar-refractivity contribution in [2.45, 2.75) is 26.9 Å². The average Bonchev–Trinajstić information content (AvgIpc) is 2.99. The third kappa shape index (κ3) is 6.67. The quantitative estimate of drug-likeness (QED) is 0.520. The summed E-state index contributed by atoms with van der Waals surface area (Å²) in [5, 5.41) is 10.9. The van der Waals surface area contributed by atoms with Crippen LogP contribution in [0.3, 0.4) is 0 Å². The van der Waals surface area contributed by atoms with Gasteiger partial charge >= 0.3 is 0 Å². The monoisotopic (exact) mass is 453 g/mol. The van der Waals surface area contributed by atoms with E-state index in [2.05, 4.69) is 27.9 Å². The van der Waals surface area contributed by atoms with Crippen molar-refractivity contribution in [1.82, 2.24) is 20.0 Å². The molecule has 3 rings (SSSR count). The highest BCUT2D eigenvalue weighted by molar-refractivity contribution is 6.30. The Bertz CT molecular complexity index is 1080. The molecule has 32 heavy (non-hydrogen) atoms. The SMILES string of the molecule is Cc1nn(Cc2ccccc2)c(C)c1CNC(=O)CN(C)CC(=O)Nc1cccc(Cl)c1. The molecule has 0 fully saturated rings. The highest BCUT2D eigenvalue weighted by atomic mass is 35.5. The molecule has 168 valence electrons. The molecule has 0 unspecified atom stereocenters. The maximum atomic E-state index is 12.4. The molecule has 1 aromatic heterocycles. The van der Waals surface area contributed by atoms with Crippen molar-refractivity contribution in [2.24, 2.45) is 0 Å². The molecule has 8 heteroatoms. The van der Waals surface area contributed by atoms with Crippen LogP contribution in [-0.4, -0.2) is 46.6 Å². The fraction of sp³-hybridized carbons (Fsp3) is 0.292. The summed E-state index contributed by atoms with van der Waals surface area (Å²) in [5.74, 6) is -0.367. The smallest absolute Gasteiger partial charge is 0.238 e. The fourth-order valence-electron chi connectivity index (χ4n) is 3.46. The molecule has 0 saturated heterocycles. The predicted octanol–water partition coefficient (Wildman–Crippen LogP) is 3.39. The first-order valence-electron chi connectivity index (χ1n) is 10.4. The fourth-order valence-corrected chi connectivity index (χ4v) is 3.65. The van der Waals surface area contributed by atoms with E-state index in [1.165, 1.54) is 5.56 Å². The normalized spacial score (nSPS) is 10.9. The van der Waals surface area contributed by atoms with Gasteiger partial charge in [0.2, 0.25) is 11.8 Å². The molecule has 0 aliphatic rings. The zero-order valence-electron chi connectivity index (χ0n) is 18.6. The van der Waals surface area contributed by atoms with E-state index < -0.39 is 0 Å². The summed E-state index contributed by atoms with van der Waals surface area (Å²) in [5.41, 5.74) is 4.73. The lowest BCUT2D eigenvalue weighted by atomic mass is 10.2. The van der Waals surface area contributed by atoms with Crippen LogP contribution in [0.25, 0.3) is 0 Å². The molecule has 2 aromatic carbocycles. The molecule has 0 atom stereocenters. The van der Waals surface area contributed by atoms with Gasteiger partial charge in [-0.15, -0.1) is 0 Å². The second kappa shape index (κ2) is 10.9. The van der Waals surface area contributed by atoms with Crippen LogP contribution < -0.4 is 10.6 Å². The van der Waals surface area contributed by atoms with Crippen LogP contribution in [0.2, 0.25) is 5.02 Å². The van der Waals surface area contributed by atoms with Gasteiger partial charge in [-0.2, -0.15) is 5.10 Å². The first-order chi connectivity index (χ1) is 15.3. The minimum Gasteiger partial charge on any atom is -0.351 e. The summed E-state index contributed by atoms with van der Waals surface area (Å²) in [6.07, 6.45) is 0. The predicted molar refractivity (Wildman–Crippen MR) is 127 cm³/mol. The van der Waals surface area contributed by atoms with Crippen LogP contribution in [0.1, 0.15) is 22.5 Å². The maximum Gasteiger partial charge on any atom is 0.238 e. The Kier molecular flexibility index (Phi) is 8.03. The summed E-state index contributed by atoms with van der Waals surface area (Å²) in [7, 11) is 1.73. The summed E-state index contributed by atoms with van der Waals surface area (Å²) in [4.78, 5) is 26.3. The van der Waals surface area contributed by atoms with E-state index in [9.17, 15) is 9.59 Å². The molecule has 0 aliphatic carbocycles. The number of nitrogens with one attached hydrogen (secondary N) is 2. The molecule has 1 heterocycles. The Hall–Kier alpha value is -3.16. The van der Waals surface area contributed by atoms with E-state index in [1.807, 2.05) is 36.7 Å². The Morgan fingerprint density at radius 1 is 1.03 bits per heavy atom. The lowest BCUT2D eigenvalue weighted by molar-refractivity contribution is -0.123. The molecule has 0 spiro atoms. The van der Waals surface area contributed by atoms with E-state index in [0.29, 0.717) is 23.8 Å². The second-order valence-corrected chi connectivity index (χ2v) is 8.24. The molecule has 7 nitrogen and oxygen atoms in total. The van der Waals surface area contributed by atoms with Crippen LogP contribution in [-0.2, 0) is 22.7 Å². The maximum absolute atomic E-state index is 12.4. The van der Waals surface area contributed by atoms with Gasteiger partial charge in [-0.1, -0.05) is 48.0 Å². The van der Waals surface area contributed by atoms with Gasteiger partial charge in [0.25, 0.3) is 0 Å². The number of rotatable bonds is 9. The van der Waals surface area contributed by atoms with Crippen LogP contribution in [0.5, 0.6) is 0 Å². The minimum absolute atomic E-state index is 0.0903. The van der Waals surface area contributed by atoms with Crippen LogP contribution in [0, 0.1) is 13.8 Å². The number of aromatic nitrogens is 2. The van der Waals surface area contributed by atoms with Crippen molar-refractivity contribution < 1.29 is 9.59 Å². The van der Waals surface area contributed by atoms with Gasteiger partial charge in [0, 0.05) is 28.5 Å². The van der Waals surface area contributed by atoms with Gasteiger partial charge in [0.1, 0.15) is 0 Å². The van der Waals surface area contributed by atoms with Crippen molar-refractivity contribution in [3.8, 4) is 0 Å². The standard InChI is InChI=1S/C24H28ClN5O2/c1-17-22(18(2)30(28-17)14-19-8-5-4-6-9-19)13-26-23(31)15-29(3)16-24(32)27-21-11-7-10-20(25)12-21/h4-12H,13-16H2,1-3H3,(H,26,31)(H,27,32). The van der Waals surface area contributed by atoms with Crippen molar-refractivity contribution in [2.75, 3.05) is 25.5 Å². The number of carbonyl (C=O) groups excluding carboxylic acids is 2. The van der Waals surface area contributed by atoms with E-state index in [0.717, 1.165) is 17.0 Å². The summed E-state index contributed by atoms with van der Waals surface area (Å²) < 4.78 is 1.96. The van der Waals surface area contributed by atoms with Crippen molar-refractivity contribution in [3.63, 3.8) is 0 Å². The second-order valence-electron chi connectivity index (χ2n) is 7.80. The van der Waals surface area contributed by atoms with Crippen LogP contribution in [0.4, 0.5) is 5.69 Å². The largest absolute Gasteiger partial charge is 0.351 e. The number of nitrogens with zero attached hydrogens (tertiary/aromatic N) is 3. The van der Waals surface area contributed by atoms with Gasteiger partial charge < -0.3 is 10.6 Å². The number of likely N-dealkylation sites (N-methyl/N-ethyl adjacent to an activating group) is 1. The van der Waals surface area contributed by atoms with Gasteiger partial charge in [-0.25, -0.2) is 0 Å². The molecular weight excluding hydrogens is 426 g/mol. The number of carbonyl (C=O) groups is 2. The molecule has 0 saturated carbocycles. The lowest BCUT2D eigenvalue weighted by Crippen LogP contribution is -2.38. The van der Waals surface area contributed by atoms with Gasteiger partial charge in [-0.3, -0.25) is 19.2 Å². The van der Waals surface area contributed by atoms with E-state index >= 15 is 0 Å². The van der Waals surface area contributed by atoms with Crippen molar-refractivity contribution >= 4 is 29.1 Å². The summed E-state index contributed by atoms with van der Waals surface area (Å²) in [6, 6.07) is 17.1. The molecule has 2 N–H and O–H groups in total. The Morgan fingerprint density at radius 3 is 2.47 bits per heavy atom. The molecular formula is C24H28ClN5O2. The highest BCUT2D eigenvalue weighted by Gasteiger charge is 2.15. The molecule has 2 amide bonds. The first-order valence-corrected chi connectivity index (χ1v) is 10.8. The number of hydrogen-bond donors (Lipinski definition) is 2. The van der Waals surface area contributed by atoms with Gasteiger partial charge in [0.15, 0.2) is 0 Å². The van der Waals surface area contributed by atoms with Crippen LogP contribution >= 0.6 is 11.6 Å². The number of amides is 2. The number of hydrogen-bond acceptors (Lipinski definition) is 4. The molecule has 3 aromatic rings. The van der Waals surface area contributed by atoms with Crippen LogP contribution in [0.15, 0.2) is 54.6 Å². The topological polar surface area (TPSA) is 79.3 Å². The van der Waals surface area contributed by atoms with E-state index in [1.54, 1.807) is 36.2 Å². The minimum atomic E-state index is -0.212. The Labute approximate surface area is 193 Å².